The Morgan fingerprint density at radius 2 is 1.40 bits per heavy atom. The van der Waals surface area contributed by atoms with E-state index in [2.05, 4.69) is 6.92 Å². The SMILES string of the molecule is CC(C)(C)C(=O)O.[CH2-]C.[Zn]. The Balaban J connectivity index is -0.000000149. The molecule has 0 spiro atoms. The van der Waals surface area contributed by atoms with Crippen molar-refractivity contribution in [1.29, 1.82) is 0 Å². The molecular weight excluding hydrogens is 181 g/mol. The largest absolute Gasteiger partial charge is 0.481 e. The Bertz CT molecular complexity index is 84.1. The van der Waals surface area contributed by atoms with Crippen LogP contribution in [-0.2, 0) is 24.3 Å². The van der Waals surface area contributed by atoms with Crippen molar-refractivity contribution in [2.75, 3.05) is 0 Å². The molecule has 0 atom stereocenters. The van der Waals surface area contributed by atoms with Crippen LogP contribution in [0.4, 0.5) is 0 Å². The molecule has 0 bridgehead atoms. The molecule has 0 unspecified atom stereocenters. The number of hydrogen-bond acceptors (Lipinski definition) is 1. The van der Waals surface area contributed by atoms with E-state index in [1.165, 1.54) is 0 Å². The quantitative estimate of drug-likeness (QED) is 0.475. The summed E-state index contributed by atoms with van der Waals surface area (Å²) in [6, 6.07) is 0. The molecule has 0 aliphatic carbocycles. The third-order valence-electron chi connectivity index (χ3n) is 0.642. The van der Waals surface area contributed by atoms with Gasteiger partial charge in [-0.3, -0.25) is 4.79 Å². The van der Waals surface area contributed by atoms with Crippen molar-refractivity contribution < 1.29 is 29.4 Å². The van der Waals surface area contributed by atoms with E-state index in [0.717, 1.165) is 0 Å². The molecule has 3 heteroatoms. The monoisotopic (exact) mass is 195 g/mol. The van der Waals surface area contributed by atoms with E-state index < -0.39 is 11.4 Å². The van der Waals surface area contributed by atoms with Gasteiger partial charge in [0.1, 0.15) is 0 Å². The summed E-state index contributed by atoms with van der Waals surface area (Å²) in [6.45, 7) is 9.99. The third-order valence-corrected chi connectivity index (χ3v) is 0.642. The van der Waals surface area contributed by atoms with Gasteiger partial charge in [-0.05, 0) is 20.8 Å². The summed E-state index contributed by atoms with van der Waals surface area (Å²) >= 11 is 0. The number of carboxylic acid groups (broad SMARTS) is 1. The van der Waals surface area contributed by atoms with E-state index in [0.29, 0.717) is 0 Å². The smallest absolute Gasteiger partial charge is 0.308 e. The van der Waals surface area contributed by atoms with Gasteiger partial charge in [-0.15, -0.1) is 0 Å². The number of hydrogen-bond donors (Lipinski definition) is 1. The van der Waals surface area contributed by atoms with Crippen molar-refractivity contribution in [3.63, 3.8) is 0 Å². The molecule has 58 valence electrons. The maximum Gasteiger partial charge on any atom is 0.308 e. The summed E-state index contributed by atoms with van der Waals surface area (Å²) < 4.78 is 0. The zero-order valence-corrected chi connectivity index (χ0v) is 10.2. The molecule has 0 rings (SSSR count). The Hall–Kier alpha value is 0.0934. The van der Waals surface area contributed by atoms with Crippen molar-refractivity contribution in [2.45, 2.75) is 27.7 Å². The first-order valence-electron chi connectivity index (χ1n) is 2.88. The maximum atomic E-state index is 10.0. The molecule has 0 amide bonds. The second-order valence-electron chi connectivity index (χ2n) is 2.56. The fourth-order valence-electron chi connectivity index (χ4n) is 0. The molecule has 0 aromatic carbocycles. The first-order chi connectivity index (χ1) is 3.94. The third kappa shape index (κ3) is 11.0. The van der Waals surface area contributed by atoms with Crippen LogP contribution < -0.4 is 0 Å². The van der Waals surface area contributed by atoms with Crippen LogP contribution in [0.2, 0.25) is 0 Å². The Morgan fingerprint density at radius 1 is 1.30 bits per heavy atom. The zero-order valence-electron chi connectivity index (χ0n) is 7.27. The molecule has 0 saturated heterocycles. The molecule has 0 heterocycles. The van der Waals surface area contributed by atoms with Crippen molar-refractivity contribution in [1.82, 2.24) is 0 Å². The van der Waals surface area contributed by atoms with Crippen LogP contribution in [0.3, 0.4) is 0 Å². The normalized spacial score (nSPS) is 8.50. The summed E-state index contributed by atoms with van der Waals surface area (Å²) in [4.78, 5) is 10.0. The summed E-state index contributed by atoms with van der Waals surface area (Å²) in [5.74, 6) is -0.757. The number of carboxylic acids is 1. The standard InChI is InChI=1S/C5H10O2.C2H5.Zn/c1-5(2,3)4(6)7;1-2;/h1-3H3,(H,6,7);1H2,2H3;/q;-1;. The predicted molar refractivity (Wildman–Crippen MR) is 38.1 cm³/mol. The Kier molecular flexibility index (Phi) is 11.9. The van der Waals surface area contributed by atoms with Crippen molar-refractivity contribution in [3.8, 4) is 0 Å². The van der Waals surface area contributed by atoms with Crippen molar-refractivity contribution >= 4 is 5.97 Å². The molecule has 0 aromatic rings. The van der Waals surface area contributed by atoms with E-state index >= 15 is 0 Å². The van der Waals surface area contributed by atoms with Gasteiger partial charge in [-0.1, -0.05) is 0 Å². The van der Waals surface area contributed by atoms with Crippen LogP contribution in [-0.4, -0.2) is 11.1 Å². The average molecular weight is 197 g/mol. The second kappa shape index (κ2) is 7.20. The van der Waals surface area contributed by atoms with Gasteiger partial charge >= 0.3 is 5.97 Å². The van der Waals surface area contributed by atoms with Crippen molar-refractivity contribution in [2.24, 2.45) is 5.41 Å². The fraction of sp³-hybridized carbons (Fsp3) is 0.714. The van der Waals surface area contributed by atoms with Gasteiger partial charge in [0.2, 0.25) is 0 Å². The fourth-order valence-corrected chi connectivity index (χ4v) is 0. The van der Waals surface area contributed by atoms with Gasteiger partial charge in [-0.25, -0.2) is 0 Å². The minimum Gasteiger partial charge on any atom is -0.481 e. The van der Waals surface area contributed by atoms with E-state index in [9.17, 15) is 4.79 Å². The van der Waals surface area contributed by atoms with Gasteiger partial charge in [-0.2, -0.15) is 6.92 Å². The first-order valence-corrected chi connectivity index (χ1v) is 2.88. The van der Waals surface area contributed by atoms with Gasteiger partial charge in [0, 0.05) is 19.5 Å². The molecule has 0 aliphatic rings. The molecule has 10 heavy (non-hydrogen) atoms. The van der Waals surface area contributed by atoms with E-state index in [1.807, 2.05) is 0 Å². The molecule has 0 fully saturated rings. The molecule has 0 radical (unpaired) electrons. The van der Waals surface area contributed by atoms with Gasteiger partial charge in [0.25, 0.3) is 0 Å². The van der Waals surface area contributed by atoms with Crippen LogP contribution in [0.5, 0.6) is 0 Å². The molecular formula is C7H15O2Zn-. The summed E-state index contributed by atoms with van der Waals surface area (Å²) in [5.41, 5.74) is -0.583. The van der Waals surface area contributed by atoms with E-state index in [-0.39, 0.29) is 19.5 Å². The molecule has 2 nitrogen and oxygen atoms in total. The van der Waals surface area contributed by atoms with Crippen molar-refractivity contribution in [3.05, 3.63) is 6.92 Å². The minimum absolute atomic E-state index is 0. The predicted octanol–water partition coefficient (Wildman–Crippen LogP) is 1.95. The van der Waals surface area contributed by atoms with Crippen LogP contribution >= 0.6 is 0 Å². The second-order valence-corrected chi connectivity index (χ2v) is 2.56. The molecule has 0 aromatic heterocycles. The van der Waals surface area contributed by atoms with Gasteiger partial charge in [0.05, 0.1) is 5.41 Å². The van der Waals surface area contributed by atoms with E-state index in [1.54, 1.807) is 27.7 Å². The van der Waals surface area contributed by atoms with Crippen LogP contribution in [0.1, 0.15) is 27.7 Å². The van der Waals surface area contributed by atoms with Crippen LogP contribution in [0.25, 0.3) is 0 Å². The molecule has 0 aliphatic heterocycles. The summed E-state index contributed by atoms with van der Waals surface area (Å²) in [6.07, 6.45) is 0. The number of rotatable bonds is 0. The van der Waals surface area contributed by atoms with Crippen LogP contribution in [0.15, 0.2) is 0 Å². The minimum atomic E-state index is -0.757. The van der Waals surface area contributed by atoms with Crippen LogP contribution in [0, 0.1) is 12.3 Å². The number of carbonyl (C=O) groups is 1. The Morgan fingerprint density at radius 3 is 1.40 bits per heavy atom. The Labute approximate surface area is 75.8 Å². The zero-order chi connectivity index (χ0) is 8.08. The van der Waals surface area contributed by atoms with Gasteiger partial charge in [0.15, 0.2) is 0 Å². The maximum absolute atomic E-state index is 10.0. The molecule has 0 saturated carbocycles. The summed E-state index contributed by atoms with van der Waals surface area (Å²) in [5, 5.41) is 8.25. The summed E-state index contributed by atoms with van der Waals surface area (Å²) in [7, 11) is 0. The first kappa shape index (κ1) is 16.6. The molecule has 1 N–H and O–H groups in total. The topological polar surface area (TPSA) is 37.3 Å². The van der Waals surface area contributed by atoms with Gasteiger partial charge < -0.3 is 12.0 Å². The average Bonchev–Trinajstić information content (AvgIpc) is 1.69. The van der Waals surface area contributed by atoms with E-state index in [4.69, 9.17) is 5.11 Å². The number of aliphatic carboxylic acids is 1.